The predicted octanol–water partition coefficient (Wildman–Crippen LogP) is 3.39. The van der Waals surface area contributed by atoms with Gasteiger partial charge >= 0.3 is 0 Å². The fraction of sp³-hybridized carbons (Fsp3) is 0.312. The number of benzene rings is 1. The van der Waals surface area contributed by atoms with Crippen molar-refractivity contribution in [3.63, 3.8) is 0 Å². The zero-order chi connectivity index (χ0) is 15.5. The molecule has 0 fully saturated rings. The van der Waals surface area contributed by atoms with Crippen LogP contribution in [0, 0.1) is 5.92 Å². The maximum atomic E-state index is 12.0. The Bertz CT molecular complexity index is 697. The van der Waals surface area contributed by atoms with Crippen LogP contribution < -0.4 is 10.6 Å². The number of nitrogens with zero attached hydrogens (tertiary/aromatic N) is 1. The Hall–Kier alpha value is -1.79. The summed E-state index contributed by atoms with van der Waals surface area (Å²) in [6.07, 6.45) is 3.29. The van der Waals surface area contributed by atoms with Gasteiger partial charge in [0.05, 0.1) is 5.69 Å². The number of hydrogen-bond acceptors (Lipinski definition) is 4. The van der Waals surface area contributed by atoms with Gasteiger partial charge in [0.2, 0.25) is 0 Å². The molecule has 1 aromatic heterocycles. The summed E-state index contributed by atoms with van der Waals surface area (Å²) in [6.45, 7) is 2.26. The van der Waals surface area contributed by atoms with E-state index >= 15 is 0 Å². The molecule has 114 valence electrons. The van der Waals surface area contributed by atoms with Crippen molar-refractivity contribution in [2.24, 2.45) is 5.92 Å². The topological polar surface area (TPSA) is 54.0 Å². The molecule has 1 aliphatic rings. The highest BCUT2D eigenvalue weighted by Gasteiger charge is 2.20. The Labute approximate surface area is 139 Å². The van der Waals surface area contributed by atoms with Crippen LogP contribution in [0.25, 0.3) is 0 Å². The van der Waals surface area contributed by atoms with E-state index < -0.39 is 0 Å². The van der Waals surface area contributed by atoms with E-state index in [1.807, 2.05) is 18.2 Å². The Kier molecular flexibility index (Phi) is 4.49. The van der Waals surface area contributed by atoms with Crippen molar-refractivity contribution in [2.75, 3.05) is 5.32 Å². The summed E-state index contributed by atoms with van der Waals surface area (Å²) in [4.78, 5) is 17.9. The molecule has 1 aliphatic carbocycles. The molecule has 0 saturated carbocycles. The van der Waals surface area contributed by atoms with Crippen LogP contribution in [0.1, 0.15) is 34.3 Å². The lowest BCUT2D eigenvalue weighted by Crippen LogP contribution is -2.34. The number of carbonyl (C=O) groups is 1. The van der Waals surface area contributed by atoms with Gasteiger partial charge in [0.25, 0.3) is 5.91 Å². The molecular weight excluding hydrogens is 314 g/mol. The number of anilines is 1. The molecular formula is C16H17N3OS2. The Balaban J connectivity index is 1.62. The summed E-state index contributed by atoms with van der Waals surface area (Å²) in [5.74, 6) is 0.499. The highest BCUT2D eigenvalue weighted by atomic mass is 32.1. The lowest BCUT2D eigenvalue weighted by molar-refractivity contribution is 0.0978. The van der Waals surface area contributed by atoms with Crippen LogP contribution in [0.5, 0.6) is 0 Å². The van der Waals surface area contributed by atoms with Crippen LogP contribution in [-0.2, 0) is 12.8 Å². The molecule has 0 unspecified atom stereocenters. The maximum Gasteiger partial charge on any atom is 0.257 e. The molecule has 4 nitrogen and oxygen atoms in total. The molecule has 0 spiro atoms. The minimum absolute atomic E-state index is 0.215. The summed E-state index contributed by atoms with van der Waals surface area (Å²) >= 11 is 6.83. The monoisotopic (exact) mass is 331 g/mol. The van der Waals surface area contributed by atoms with Gasteiger partial charge in [-0.2, -0.15) is 0 Å². The molecule has 1 heterocycles. The van der Waals surface area contributed by atoms with Gasteiger partial charge in [-0.1, -0.05) is 25.1 Å². The van der Waals surface area contributed by atoms with Gasteiger partial charge in [-0.05, 0) is 49.5 Å². The predicted molar refractivity (Wildman–Crippen MR) is 93.4 cm³/mol. The zero-order valence-corrected chi connectivity index (χ0v) is 13.9. The van der Waals surface area contributed by atoms with Crippen LogP contribution in [0.2, 0.25) is 0 Å². The van der Waals surface area contributed by atoms with Crippen LogP contribution in [0.15, 0.2) is 30.3 Å². The molecule has 2 N–H and O–H groups in total. The fourth-order valence-corrected chi connectivity index (χ4v) is 3.92. The van der Waals surface area contributed by atoms with Crippen molar-refractivity contribution < 1.29 is 4.79 Å². The first kappa shape index (κ1) is 15.1. The third-order valence-electron chi connectivity index (χ3n) is 3.67. The number of nitrogens with one attached hydrogen (secondary N) is 2. The van der Waals surface area contributed by atoms with Gasteiger partial charge in [0.15, 0.2) is 10.2 Å². The summed E-state index contributed by atoms with van der Waals surface area (Å²) in [5, 5.41) is 6.75. The smallest absolute Gasteiger partial charge is 0.257 e. The van der Waals surface area contributed by atoms with Crippen molar-refractivity contribution in [2.45, 2.75) is 26.2 Å². The second kappa shape index (κ2) is 6.54. The van der Waals surface area contributed by atoms with Crippen LogP contribution in [0.3, 0.4) is 0 Å². The summed E-state index contributed by atoms with van der Waals surface area (Å²) in [7, 11) is 0. The zero-order valence-electron chi connectivity index (χ0n) is 12.3. The molecule has 0 aliphatic heterocycles. The number of fused-ring (bicyclic) bond motifs is 1. The van der Waals surface area contributed by atoms with Crippen LogP contribution in [-0.4, -0.2) is 16.0 Å². The molecule has 1 aromatic carbocycles. The average Bonchev–Trinajstić information content (AvgIpc) is 2.89. The van der Waals surface area contributed by atoms with Crippen LogP contribution >= 0.6 is 23.6 Å². The lowest BCUT2D eigenvalue weighted by Gasteiger charge is -2.15. The number of hydrogen-bond donors (Lipinski definition) is 2. The van der Waals surface area contributed by atoms with E-state index in [9.17, 15) is 4.79 Å². The second-order valence-corrected chi connectivity index (χ2v) is 7.00. The third kappa shape index (κ3) is 3.51. The van der Waals surface area contributed by atoms with Gasteiger partial charge in [-0.15, -0.1) is 11.3 Å². The number of rotatable bonds is 2. The van der Waals surface area contributed by atoms with Gasteiger partial charge in [-0.3, -0.25) is 10.1 Å². The lowest BCUT2D eigenvalue weighted by atomic mass is 9.93. The number of carbonyl (C=O) groups excluding carboxylic acids is 1. The third-order valence-corrected chi connectivity index (χ3v) is 4.91. The number of thiocarbonyl (C=S) groups is 1. The minimum atomic E-state index is -0.215. The Morgan fingerprint density at radius 1 is 1.36 bits per heavy atom. The molecule has 0 saturated heterocycles. The molecule has 3 rings (SSSR count). The van der Waals surface area contributed by atoms with Gasteiger partial charge in [0, 0.05) is 10.4 Å². The van der Waals surface area contributed by atoms with Crippen molar-refractivity contribution >= 4 is 39.7 Å². The maximum absolute atomic E-state index is 12.0. The van der Waals surface area contributed by atoms with Gasteiger partial charge in [-0.25, -0.2) is 4.98 Å². The number of thiazole rings is 1. The molecule has 1 atom stereocenters. The quantitative estimate of drug-likeness (QED) is 0.828. The molecule has 22 heavy (non-hydrogen) atoms. The summed E-state index contributed by atoms with van der Waals surface area (Å²) < 4.78 is 0. The molecule has 6 heteroatoms. The summed E-state index contributed by atoms with van der Waals surface area (Å²) in [6, 6.07) is 9.01. The van der Waals surface area contributed by atoms with E-state index in [0.717, 1.165) is 18.0 Å². The van der Waals surface area contributed by atoms with E-state index in [-0.39, 0.29) is 11.0 Å². The molecule has 0 radical (unpaired) electrons. The van der Waals surface area contributed by atoms with Crippen molar-refractivity contribution in [1.82, 2.24) is 10.3 Å². The SMILES string of the molecule is C[C@H]1CCc2nc(NC(=S)NC(=O)c3ccccc3)sc2C1. The first-order valence-corrected chi connectivity index (χ1v) is 8.50. The van der Waals surface area contributed by atoms with Gasteiger partial charge < -0.3 is 5.32 Å². The summed E-state index contributed by atoms with van der Waals surface area (Å²) in [5.41, 5.74) is 1.75. The van der Waals surface area contributed by atoms with Gasteiger partial charge in [0.1, 0.15) is 0 Å². The normalized spacial score (nSPS) is 16.7. The highest BCUT2D eigenvalue weighted by Crippen LogP contribution is 2.31. The van der Waals surface area contributed by atoms with Crippen molar-refractivity contribution in [3.05, 3.63) is 46.5 Å². The van der Waals surface area contributed by atoms with Crippen molar-refractivity contribution in [1.29, 1.82) is 0 Å². The number of aromatic nitrogens is 1. The van der Waals surface area contributed by atoms with Crippen LogP contribution in [0.4, 0.5) is 5.13 Å². The standard InChI is InChI=1S/C16H17N3OS2/c1-10-7-8-12-13(9-10)22-16(17-12)19-15(21)18-14(20)11-5-3-2-4-6-11/h2-6,10H,7-9H2,1H3,(H2,17,18,19,20,21)/t10-/m0/s1. The number of amides is 1. The first-order valence-electron chi connectivity index (χ1n) is 7.28. The van der Waals surface area contributed by atoms with E-state index in [4.69, 9.17) is 12.2 Å². The Morgan fingerprint density at radius 2 is 2.14 bits per heavy atom. The molecule has 0 bridgehead atoms. The Morgan fingerprint density at radius 3 is 2.91 bits per heavy atom. The molecule has 1 amide bonds. The largest absolute Gasteiger partial charge is 0.308 e. The van der Waals surface area contributed by atoms with Crippen molar-refractivity contribution in [3.8, 4) is 0 Å². The highest BCUT2D eigenvalue weighted by molar-refractivity contribution is 7.80. The van der Waals surface area contributed by atoms with E-state index in [2.05, 4.69) is 22.5 Å². The number of aryl methyl sites for hydroxylation is 1. The average molecular weight is 331 g/mol. The second-order valence-electron chi connectivity index (χ2n) is 5.51. The van der Waals surface area contributed by atoms with E-state index in [1.165, 1.54) is 17.0 Å². The van der Waals surface area contributed by atoms with E-state index in [0.29, 0.717) is 11.5 Å². The first-order chi connectivity index (χ1) is 10.6. The molecule has 2 aromatic rings. The minimum Gasteiger partial charge on any atom is -0.308 e. The van der Waals surface area contributed by atoms with E-state index in [1.54, 1.807) is 23.5 Å². The fourth-order valence-electron chi connectivity index (χ4n) is 2.49.